The molecule has 1 aromatic rings. The molecule has 110 valence electrons. The molecule has 5 nitrogen and oxygen atoms in total. The molecule has 0 aromatic heterocycles. The van der Waals surface area contributed by atoms with Crippen molar-refractivity contribution in [2.24, 2.45) is 0 Å². The number of hydrogen-bond donors (Lipinski definition) is 1. The lowest BCUT2D eigenvalue weighted by atomic mass is 10.1. The fourth-order valence-corrected chi connectivity index (χ4v) is 2.29. The number of nitrogens with zero attached hydrogens (tertiary/aromatic N) is 2. The number of β-amino-alcohol motifs (C(OH)–C–C–N with tert-alkyl or cyclic N) is 1. The van der Waals surface area contributed by atoms with Crippen LogP contribution in [-0.4, -0.2) is 29.2 Å². The summed E-state index contributed by atoms with van der Waals surface area (Å²) in [4.78, 5) is 11.7. The lowest BCUT2D eigenvalue weighted by Crippen LogP contribution is -2.38. The maximum Gasteiger partial charge on any atom is 0.416 e. The summed E-state index contributed by atoms with van der Waals surface area (Å²) in [7, 11) is 0. The molecule has 0 saturated carbocycles. The third-order valence-electron chi connectivity index (χ3n) is 3.24. The molecule has 1 heterocycles. The van der Waals surface area contributed by atoms with Gasteiger partial charge in [0.2, 0.25) is 0 Å². The lowest BCUT2D eigenvalue weighted by Gasteiger charge is -2.31. The number of aliphatic hydroxyl groups is 1. The Morgan fingerprint density at radius 3 is 2.65 bits per heavy atom. The van der Waals surface area contributed by atoms with Gasteiger partial charge in [0.05, 0.1) is 16.6 Å². The number of rotatable bonds is 2. The summed E-state index contributed by atoms with van der Waals surface area (Å²) in [5.74, 6) is 0. The number of nitro benzene ring substituents is 1. The Kier molecular flexibility index (Phi) is 3.85. The Balaban J connectivity index is 2.40. The minimum atomic E-state index is -4.62. The van der Waals surface area contributed by atoms with Gasteiger partial charge in [0, 0.05) is 19.2 Å². The minimum Gasteiger partial charge on any atom is -0.391 e. The van der Waals surface area contributed by atoms with Gasteiger partial charge in [0.15, 0.2) is 0 Å². The first-order valence-corrected chi connectivity index (χ1v) is 6.07. The highest BCUT2D eigenvalue weighted by atomic mass is 19.4. The van der Waals surface area contributed by atoms with Crippen LogP contribution in [0, 0.1) is 10.1 Å². The van der Waals surface area contributed by atoms with Gasteiger partial charge >= 0.3 is 6.18 Å². The van der Waals surface area contributed by atoms with Crippen LogP contribution in [0.3, 0.4) is 0 Å². The van der Waals surface area contributed by atoms with Crippen molar-refractivity contribution in [2.75, 3.05) is 18.0 Å². The number of nitro groups is 1. The summed E-state index contributed by atoms with van der Waals surface area (Å²) in [6.45, 7) is 0.662. The highest BCUT2D eigenvalue weighted by molar-refractivity contribution is 5.65. The quantitative estimate of drug-likeness (QED) is 0.671. The molecule has 1 saturated heterocycles. The zero-order chi connectivity index (χ0) is 14.9. The van der Waals surface area contributed by atoms with Crippen molar-refractivity contribution in [1.82, 2.24) is 0 Å². The zero-order valence-electron chi connectivity index (χ0n) is 10.4. The van der Waals surface area contributed by atoms with Crippen LogP contribution >= 0.6 is 0 Å². The Hall–Kier alpha value is -1.83. The van der Waals surface area contributed by atoms with E-state index in [1.807, 2.05) is 0 Å². The Labute approximate surface area is 112 Å². The van der Waals surface area contributed by atoms with Crippen LogP contribution in [0.25, 0.3) is 0 Å². The monoisotopic (exact) mass is 290 g/mol. The van der Waals surface area contributed by atoms with E-state index in [2.05, 4.69) is 0 Å². The number of anilines is 1. The standard InChI is InChI=1S/C12H13F3N2O3/c13-12(14,15)8-3-4-10(11(6-8)17(19)20)16-5-1-2-9(18)7-16/h3-4,6,9,18H,1-2,5,7H2. The second kappa shape index (κ2) is 5.28. The van der Waals surface area contributed by atoms with Crippen LogP contribution in [0.4, 0.5) is 24.5 Å². The summed E-state index contributed by atoms with van der Waals surface area (Å²) in [5.41, 5.74) is -1.53. The fraction of sp³-hybridized carbons (Fsp3) is 0.500. The van der Waals surface area contributed by atoms with Crippen molar-refractivity contribution in [3.8, 4) is 0 Å². The van der Waals surface area contributed by atoms with Crippen molar-refractivity contribution >= 4 is 11.4 Å². The smallest absolute Gasteiger partial charge is 0.391 e. The molecular formula is C12H13F3N2O3. The molecule has 1 aliphatic heterocycles. The molecule has 2 rings (SSSR count). The zero-order valence-corrected chi connectivity index (χ0v) is 10.4. The van der Waals surface area contributed by atoms with Crippen molar-refractivity contribution < 1.29 is 23.2 Å². The van der Waals surface area contributed by atoms with Gasteiger partial charge in [-0.2, -0.15) is 13.2 Å². The molecule has 1 unspecified atom stereocenters. The van der Waals surface area contributed by atoms with Gasteiger partial charge in [-0.3, -0.25) is 10.1 Å². The highest BCUT2D eigenvalue weighted by Crippen LogP contribution is 2.37. The molecule has 0 amide bonds. The summed E-state index contributed by atoms with van der Waals surface area (Å²) in [6.07, 6.45) is -4.01. The first-order valence-electron chi connectivity index (χ1n) is 6.07. The van der Waals surface area contributed by atoms with Crippen LogP contribution in [0.2, 0.25) is 0 Å². The van der Waals surface area contributed by atoms with Crippen molar-refractivity contribution in [3.05, 3.63) is 33.9 Å². The van der Waals surface area contributed by atoms with Crippen LogP contribution in [-0.2, 0) is 6.18 Å². The van der Waals surface area contributed by atoms with Gasteiger partial charge in [0.25, 0.3) is 5.69 Å². The molecule has 1 fully saturated rings. The first kappa shape index (κ1) is 14.6. The minimum absolute atomic E-state index is 0.113. The number of alkyl halides is 3. The average Bonchev–Trinajstić information content (AvgIpc) is 2.37. The van der Waals surface area contributed by atoms with E-state index in [1.54, 1.807) is 4.90 Å². The van der Waals surface area contributed by atoms with E-state index < -0.39 is 28.5 Å². The Morgan fingerprint density at radius 1 is 1.40 bits per heavy atom. The van der Waals surface area contributed by atoms with Crippen LogP contribution in [0.1, 0.15) is 18.4 Å². The molecule has 1 aliphatic rings. The molecule has 20 heavy (non-hydrogen) atoms. The number of benzene rings is 1. The van der Waals surface area contributed by atoms with Crippen molar-refractivity contribution in [2.45, 2.75) is 25.1 Å². The number of piperidine rings is 1. The highest BCUT2D eigenvalue weighted by Gasteiger charge is 2.34. The van der Waals surface area contributed by atoms with Gasteiger partial charge < -0.3 is 10.0 Å². The Morgan fingerprint density at radius 2 is 2.10 bits per heavy atom. The largest absolute Gasteiger partial charge is 0.416 e. The topological polar surface area (TPSA) is 66.6 Å². The summed E-state index contributed by atoms with van der Waals surface area (Å²) in [6, 6.07) is 2.46. The molecule has 1 aromatic carbocycles. The van der Waals surface area contributed by atoms with E-state index in [-0.39, 0.29) is 12.2 Å². The van der Waals surface area contributed by atoms with E-state index in [1.165, 1.54) is 0 Å². The SMILES string of the molecule is O=[N+]([O-])c1cc(C(F)(F)F)ccc1N1CCCC(O)C1. The third kappa shape index (κ3) is 3.01. The number of aliphatic hydroxyl groups excluding tert-OH is 1. The molecule has 1 N–H and O–H groups in total. The second-order valence-electron chi connectivity index (χ2n) is 4.70. The average molecular weight is 290 g/mol. The molecule has 1 atom stereocenters. The number of halogens is 3. The molecule has 0 radical (unpaired) electrons. The summed E-state index contributed by atoms with van der Waals surface area (Å²) in [5, 5.41) is 20.5. The molecule has 8 heteroatoms. The van der Waals surface area contributed by atoms with E-state index in [0.717, 1.165) is 12.1 Å². The van der Waals surface area contributed by atoms with Gasteiger partial charge in [-0.25, -0.2) is 0 Å². The van der Waals surface area contributed by atoms with E-state index in [4.69, 9.17) is 0 Å². The van der Waals surface area contributed by atoms with Gasteiger partial charge in [-0.05, 0) is 25.0 Å². The van der Waals surface area contributed by atoms with Crippen LogP contribution < -0.4 is 4.90 Å². The maximum absolute atomic E-state index is 12.6. The third-order valence-corrected chi connectivity index (χ3v) is 3.24. The maximum atomic E-state index is 12.6. The van der Waals surface area contributed by atoms with Crippen LogP contribution in [0.15, 0.2) is 18.2 Å². The molecular weight excluding hydrogens is 277 g/mol. The predicted molar refractivity (Wildman–Crippen MR) is 65.6 cm³/mol. The van der Waals surface area contributed by atoms with Crippen molar-refractivity contribution in [3.63, 3.8) is 0 Å². The summed E-state index contributed by atoms with van der Waals surface area (Å²) >= 11 is 0. The van der Waals surface area contributed by atoms with Gasteiger partial charge in [-0.1, -0.05) is 0 Å². The van der Waals surface area contributed by atoms with Crippen molar-refractivity contribution in [1.29, 1.82) is 0 Å². The Bertz CT molecular complexity index is 519. The normalized spacial score (nSPS) is 20.0. The first-order chi connectivity index (χ1) is 9.29. The second-order valence-corrected chi connectivity index (χ2v) is 4.70. The number of hydrogen-bond acceptors (Lipinski definition) is 4. The fourth-order valence-electron chi connectivity index (χ4n) is 2.29. The van der Waals surface area contributed by atoms with E-state index in [9.17, 15) is 28.4 Å². The van der Waals surface area contributed by atoms with Gasteiger partial charge in [0.1, 0.15) is 5.69 Å². The van der Waals surface area contributed by atoms with E-state index in [0.29, 0.717) is 25.5 Å². The van der Waals surface area contributed by atoms with Gasteiger partial charge in [-0.15, -0.1) is 0 Å². The molecule has 0 spiro atoms. The molecule has 0 bridgehead atoms. The van der Waals surface area contributed by atoms with Crippen LogP contribution in [0.5, 0.6) is 0 Å². The van der Waals surface area contributed by atoms with E-state index >= 15 is 0 Å². The molecule has 0 aliphatic carbocycles. The predicted octanol–water partition coefficient (Wildman–Crippen LogP) is 2.57. The lowest BCUT2D eigenvalue weighted by molar-refractivity contribution is -0.384. The summed E-state index contributed by atoms with van der Waals surface area (Å²) < 4.78 is 37.8.